The Labute approximate surface area is 172 Å². The maximum Gasteiger partial charge on any atom is 0.273 e. The van der Waals surface area contributed by atoms with Gasteiger partial charge in [0.1, 0.15) is 17.2 Å². The normalized spacial score (nSPS) is 10.1. The number of carbonyl (C=O) groups excluding carboxylic acids is 2. The van der Waals surface area contributed by atoms with E-state index in [-0.39, 0.29) is 24.5 Å². The summed E-state index contributed by atoms with van der Waals surface area (Å²) in [5.74, 6) is 0.521. The quantitative estimate of drug-likeness (QED) is 0.497. The van der Waals surface area contributed by atoms with Crippen LogP contribution in [0.4, 0.5) is 0 Å². The standard InChI is InChI=1S/C19H20Cl2N2O5/c1-26-13-6-7-14(17(11-13)27-2)19(25)23-22-18(24)4-3-9-28-16-8-5-12(20)10-15(16)21/h5-8,10-11H,3-4,9H2,1-2H3,(H,22,24)(H,23,25). The second kappa shape index (κ2) is 10.6. The van der Waals surface area contributed by atoms with Crippen LogP contribution in [0.1, 0.15) is 23.2 Å². The van der Waals surface area contributed by atoms with Gasteiger partial charge in [0, 0.05) is 17.5 Å². The van der Waals surface area contributed by atoms with Crippen LogP contribution in [0.2, 0.25) is 10.0 Å². The highest BCUT2D eigenvalue weighted by Gasteiger charge is 2.14. The first-order valence-electron chi connectivity index (χ1n) is 8.33. The van der Waals surface area contributed by atoms with Crippen LogP contribution in [-0.4, -0.2) is 32.6 Å². The van der Waals surface area contributed by atoms with E-state index < -0.39 is 5.91 Å². The lowest BCUT2D eigenvalue weighted by atomic mass is 10.2. The molecule has 0 aliphatic rings. The molecule has 0 atom stereocenters. The van der Waals surface area contributed by atoms with Gasteiger partial charge in [-0.25, -0.2) is 0 Å². The highest BCUT2D eigenvalue weighted by atomic mass is 35.5. The Morgan fingerprint density at radius 1 is 0.964 bits per heavy atom. The van der Waals surface area contributed by atoms with Gasteiger partial charge in [-0.3, -0.25) is 20.4 Å². The molecule has 2 N–H and O–H groups in total. The summed E-state index contributed by atoms with van der Waals surface area (Å²) < 4.78 is 15.7. The summed E-state index contributed by atoms with van der Waals surface area (Å²) >= 11 is 11.8. The molecular formula is C19H20Cl2N2O5. The van der Waals surface area contributed by atoms with Gasteiger partial charge in [0.2, 0.25) is 5.91 Å². The molecule has 7 nitrogen and oxygen atoms in total. The molecule has 0 unspecified atom stereocenters. The molecule has 0 saturated heterocycles. The fourth-order valence-corrected chi connectivity index (χ4v) is 2.71. The third kappa shape index (κ3) is 6.21. The molecule has 0 aromatic heterocycles. The molecule has 2 amide bonds. The van der Waals surface area contributed by atoms with Gasteiger partial charge in [-0.2, -0.15) is 0 Å². The zero-order valence-corrected chi connectivity index (χ0v) is 16.9. The third-order valence-corrected chi connectivity index (χ3v) is 4.20. The molecule has 0 spiro atoms. The molecule has 2 rings (SSSR count). The van der Waals surface area contributed by atoms with Gasteiger partial charge in [0.25, 0.3) is 5.91 Å². The molecule has 2 aromatic carbocycles. The van der Waals surface area contributed by atoms with Crippen molar-refractivity contribution in [3.05, 3.63) is 52.0 Å². The first-order chi connectivity index (χ1) is 13.4. The van der Waals surface area contributed by atoms with Crippen LogP contribution >= 0.6 is 23.2 Å². The van der Waals surface area contributed by atoms with E-state index >= 15 is 0 Å². The average molecular weight is 427 g/mol. The Morgan fingerprint density at radius 2 is 1.75 bits per heavy atom. The van der Waals surface area contributed by atoms with Crippen molar-refractivity contribution < 1.29 is 23.8 Å². The van der Waals surface area contributed by atoms with Crippen LogP contribution in [0.15, 0.2) is 36.4 Å². The van der Waals surface area contributed by atoms with Gasteiger partial charge in [-0.05, 0) is 36.8 Å². The number of ether oxygens (including phenoxy) is 3. The molecule has 0 aliphatic heterocycles. The first-order valence-corrected chi connectivity index (χ1v) is 9.09. The van der Waals surface area contributed by atoms with E-state index in [9.17, 15) is 9.59 Å². The van der Waals surface area contributed by atoms with Crippen molar-refractivity contribution in [2.75, 3.05) is 20.8 Å². The summed E-state index contributed by atoms with van der Waals surface area (Å²) in [6.45, 7) is 0.287. The van der Waals surface area contributed by atoms with Crippen molar-refractivity contribution in [1.29, 1.82) is 0 Å². The van der Waals surface area contributed by atoms with E-state index in [1.54, 1.807) is 36.4 Å². The van der Waals surface area contributed by atoms with Gasteiger partial charge in [0.05, 0.1) is 31.4 Å². The predicted molar refractivity (Wildman–Crippen MR) is 106 cm³/mol. The number of nitrogens with one attached hydrogen (secondary N) is 2. The van der Waals surface area contributed by atoms with Crippen molar-refractivity contribution in [3.63, 3.8) is 0 Å². The zero-order chi connectivity index (χ0) is 20.5. The topological polar surface area (TPSA) is 85.9 Å². The maximum absolute atomic E-state index is 12.2. The molecule has 0 aliphatic carbocycles. The van der Waals surface area contributed by atoms with Crippen molar-refractivity contribution >= 4 is 35.0 Å². The van der Waals surface area contributed by atoms with Crippen LogP contribution in [0.5, 0.6) is 17.2 Å². The van der Waals surface area contributed by atoms with Crippen molar-refractivity contribution in [2.45, 2.75) is 12.8 Å². The summed E-state index contributed by atoms with van der Waals surface area (Å²) in [4.78, 5) is 24.1. The van der Waals surface area contributed by atoms with Crippen LogP contribution in [0, 0.1) is 0 Å². The summed E-state index contributed by atoms with van der Waals surface area (Å²) in [7, 11) is 2.95. The van der Waals surface area contributed by atoms with Crippen molar-refractivity contribution in [2.24, 2.45) is 0 Å². The summed E-state index contributed by atoms with van der Waals surface area (Å²) in [6.07, 6.45) is 0.595. The Kier molecular flexibility index (Phi) is 8.22. The minimum absolute atomic E-state index is 0.158. The van der Waals surface area contributed by atoms with Crippen LogP contribution in [0.3, 0.4) is 0 Å². The third-order valence-electron chi connectivity index (χ3n) is 3.67. The Bertz CT molecular complexity index is 845. The average Bonchev–Trinajstić information content (AvgIpc) is 2.70. The monoisotopic (exact) mass is 426 g/mol. The number of hydrazine groups is 1. The lowest BCUT2D eigenvalue weighted by Crippen LogP contribution is -2.41. The van der Waals surface area contributed by atoms with Crippen molar-refractivity contribution in [3.8, 4) is 17.2 Å². The highest BCUT2D eigenvalue weighted by molar-refractivity contribution is 6.35. The maximum atomic E-state index is 12.2. The van der Waals surface area contributed by atoms with Gasteiger partial charge in [0.15, 0.2) is 0 Å². The second-order valence-electron chi connectivity index (χ2n) is 5.60. The molecule has 150 valence electrons. The number of hydrogen-bond acceptors (Lipinski definition) is 5. The molecule has 0 heterocycles. The first kappa shape index (κ1) is 21.7. The van der Waals surface area contributed by atoms with E-state index in [1.807, 2.05) is 0 Å². The smallest absolute Gasteiger partial charge is 0.273 e. The van der Waals surface area contributed by atoms with Gasteiger partial charge in [-0.15, -0.1) is 0 Å². The van der Waals surface area contributed by atoms with E-state index in [4.69, 9.17) is 37.4 Å². The zero-order valence-electron chi connectivity index (χ0n) is 15.4. The fourth-order valence-electron chi connectivity index (χ4n) is 2.25. The minimum Gasteiger partial charge on any atom is -0.497 e. The van der Waals surface area contributed by atoms with Crippen LogP contribution in [0.25, 0.3) is 0 Å². The minimum atomic E-state index is -0.503. The number of amides is 2. The molecule has 0 radical (unpaired) electrons. The SMILES string of the molecule is COc1ccc(C(=O)NNC(=O)CCCOc2ccc(Cl)cc2Cl)c(OC)c1. The molecule has 2 aromatic rings. The van der Waals surface area contributed by atoms with Crippen LogP contribution in [-0.2, 0) is 4.79 Å². The Balaban J connectivity index is 1.75. The molecule has 28 heavy (non-hydrogen) atoms. The van der Waals surface area contributed by atoms with E-state index in [1.165, 1.54) is 14.2 Å². The molecule has 0 bridgehead atoms. The van der Waals surface area contributed by atoms with Crippen LogP contribution < -0.4 is 25.1 Å². The summed E-state index contributed by atoms with van der Waals surface area (Å²) in [5.41, 5.74) is 4.97. The summed E-state index contributed by atoms with van der Waals surface area (Å²) in [6, 6.07) is 9.65. The highest BCUT2D eigenvalue weighted by Crippen LogP contribution is 2.27. The number of carbonyl (C=O) groups is 2. The lowest BCUT2D eigenvalue weighted by molar-refractivity contribution is -0.122. The second-order valence-corrected chi connectivity index (χ2v) is 6.44. The number of rotatable bonds is 8. The van der Waals surface area contributed by atoms with E-state index in [0.29, 0.717) is 33.7 Å². The number of benzene rings is 2. The van der Waals surface area contributed by atoms with Gasteiger partial charge in [-0.1, -0.05) is 23.2 Å². The molecule has 0 saturated carbocycles. The molecule has 0 fully saturated rings. The van der Waals surface area contributed by atoms with E-state index in [0.717, 1.165) is 0 Å². The number of hydrogen-bond donors (Lipinski definition) is 2. The Morgan fingerprint density at radius 3 is 2.43 bits per heavy atom. The Hall–Kier alpha value is -2.64. The van der Waals surface area contributed by atoms with Gasteiger partial charge < -0.3 is 14.2 Å². The van der Waals surface area contributed by atoms with Crippen molar-refractivity contribution in [1.82, 2.24) is 10.9 Å². The van der Waals surface area contributed by atoms with Gasteiger partial charge >= 0.3 is 0 Å². The number of methoxy groups -OCH3 is 2. The molecule has 9 heteroatoms. The fraction of sp³-hybridized carbons (Fsp3) is 0.263. The lowest BCUT2D eigenvalue weighted by Gasteiger charge is -2.12. The predicted octanol–water partition coefficient (Wildman–Crippen LogP) is 3.63. The molecular weight excluding hydrogens is 407 g/mol. The van der Waals surface area contributed by atoms with E-state index in [2.05, 4.69) is 10.9 Å². The number of halogens is 2. The summed E-state index contributed by atoms with van der Waals surface area (Å²) in [5, 5.41) is 0.915. The largest absolute Gasteiger partial charge is 0.497 e.